The fourth-order valence-electron chi connectivity index (χ4n) is 2.87. The highest BCUT2D eigenvalue weighted by atomic mass is 16.5. The minimum Gasteiger partial charge on any atom is -0.484 e. The Morgan fingerprint density at radius 3 is 2.70 bits per heavy atom. The van der Waals surface area contributed by atoms with E-state index in [2.05, 4.69) is 11.8 Å². The second-order valence-electron chi connectivity index (χ2n) is 6.45. The molecule has 0 aliphatic carbocycles. The Labute approximate surface area is 161 Å². The molecule has 0 unspecified atom stereocenters. The van der Waals surface area contributed by atoms with Crippen LogP contribution in [0.15, 0.2) is 24.3 Å². The smallest absolute Gasteiger partial charge is 0.307 e. The first-order valence-electron chi connectivity index (χ1n) is 9.48. The minimum absolute atomic E-state index is 0.0442. The fourth-order valence-corrected chi connectivity index (χ4v) is 2.87. The van der Waals surface area contributed by atoms with E-state index < -0.39 is 0 Å². The normalized spacial score (nSPS) is 14.6. The van der Waals surface area contributed by atoms with Crippen LogP contribution in [0.25, 0.3) is 0 Å². The molecule has 0 saturated carbocycles. The van der Waals surface area contributed by atoms with E-state index in [1.165, 1.54) is 7.11 Å². The van der Waals surface area contributed by atoms with Crippen LogP contribution in [0.2, 0.25) is 0 Å². The lowest BCUT2D eigenvalue weighted by atomic mass is 10.2. The summed E-state index contributed by atoms with van der Waals surface area (Å²) in [5, 5.41) is 0. The third kappa shape index (κ3) is 7.56. The number of nitrogens with zero attached hydrogens (tertiary/aromatic N) is 2. The zero-order valence-corrected chi connectivity index (χ0v) is 16.3. The van der Waals surface area contributed by atoms with Gasteiger partial charge in [-0.3, -0.25) is 14.5 Å². The SMILES string of the molecule is CCc1cccc(OCC(=O)N(CCC(=O)OC)CCN2CCOCC2)c1. The Kier molecular flexibility index (Phi) is 9.07. The van der Waals surface area contributed by atoms with Crippen molar-refractivity contribution in [3.63, 3.8) is 0 Å². The van der Waals surface area contributed by atoms with Gasteiger partial charge in [-0.1, -0.05) is 19.1 Å². The lowest BCUT2D eigenvalue weighted by Crippen LogP contribution is -2.44. The van der Waals surface area contributed by atoms with E-state index in [9.17, 15) is 9.59 Å². The quantitative estimate of drug-likeness (QED) is 0.573. The van der Waals surface area contributed by atoms with Crippen LogP contribution in [-0.4, -0.2) is 81.3 Å². The first-order valence-corrected chi connectivity index (χ1v) is 9.48. The number of amides is 1. The number of hydrogen-bond acceptors (Lipinski definition) is 6. The molecule has 2 rings (SSSR count). The molecule has 1 aliphatic heterocycles. The Hall–Kier alpha value is -2.12. The number of hydrogen-bond donors (Lipinski definition) is 0. The number of rotatable bonds is 10. The van der Waals surface area contributed by atoms with Crippen molar-refractivity contribution in [2.45, 2.75) is 19.8 Å². The van der Waals surface area contributed by atoms with Gasteiger partial charge in [0.05, 0.1) is 26.7 Å². The number of carbonyl (C=O) groups is 2. The highest BCUT2D eigenvalue weighted by Crippen LogP contribution is 2.14. The van der Waals surface area contributed by atoms with Crippen molar-refractivity contribution < 1.29 is 23.8 Å². The molecule has 1 heterocycles. The molecule has 1 aliphatic rings. The van der Waals surface area contributed by atoms with Crippen LogP contribution >= 0.6 is 0 Å². The summed E-state index contributed by atoms with van der Waals surface area (Å²) in [6, 6.07) is 7.74. The number of esters is 1. The number of morpholine rings is 1. The summed E-state index contributed by atoms with van der Waals surface area (Å²) in [4.78, 5) is 28.1. The third-order valence-corrected chi connectivity index (χ3v) is 4.63. The summed E-state index contributed by atoms with van der Waals surface area (Å²) in [5.74, 6) is 0.230. The van der Waals surface area contributed by atoms with E-state index in [-0.39, 0.29) is 24.9 Å². The third-order valence-electron chi connectivity index (χ3n) is 4.63. The van der Waals surface area contributed by atoms with Crippen LogP contribution in [0.3, 0.4) is 0 Å². The van der Waals surface area contributed by atoms with Gasteiger partial charge in [-0.05, 0) is 24.1 Å². The molecular weight excluding hydrogens is 348 g/mol. The van der Waals surface area contributed by atoms with E-state index >= 15 is 0 Å². The molecule has 7 nitrogen and oxygen atoms in total. The predicted molar refractivity (Wildman–Crippen MR) is 102 cm³/mol. The molecule has 1 aromatic rings. The highest BCUT2D eigenvalue weighted by molar-refractivity contribution is 5.78. The molecule has 1 amide bonds. The average Bonchev–Trinajstić information content (AvgIpc) is 2.72. The molecule has 0 radical (unpaired) electrons. The summed E-state index contributed by atoms with van der Waals surface area (Å²) in [5.41, 5.74) is 1.16. The van der Waals surface area contributed by atoms with Crippen molar-refractivity contribution in [3.05, 3.63) is 29.8 Å². The number of ether oxygens (including phenoxy) is 3. The van der Waals surface area contributed by atoms with Crippen LogP contribution < -0.4 is 4.74 Å². The maximum absolute atomic E-state index is 12.7. The van der Waals surface area contributed by atoms with Crippen LogP contribution in [-0.2, 0) is 25.5 Å². The summed E-state index contributed by atoms with van der Waals surface area (Å²) in [7, 11) is 1.35. The maximum atomic E-state index is 12.7. The summed E-state index contributed by atoms with van der Waals surface area (Å²) < 4.78 is 15.7. The van der Waals surface area contributed by atoms with Gasteiger partial charge in [0.1, 0.15) is 5.75 Å². The molecule has 0 spiro atoms. The van der Waals surface area contributed by atoms with Gasteiger partial charge in [0.25, 0.3) is 5.91 Å². The van der Waals surface area contributed by atoms with E-state index in [1.54, 1.807) is 4.90 Å². The predicted octanol–water partition coefficient (Wildman–Crippen LogP) is 1.35. The van der Waals surface area contributed by atoms with E-state index in [4.69, 9.17) is 14.2 Å². The summed E-state index contributed by atoms with van der Waals surface area (Å²) >= 11 is 0. The molecule has 1 fully saturated rings. The Balaban J connectivity index is 1.88. The average molecular weight is 378 g/mol. The molecule has 0 atom stereocenters. The van der Waals surface area contributed by atoms with Crippen LogP contribution in [0.4, 0.5) is 0 Å². The summed E-state index contributed by atoms with van der Waals surface area (Å²) in [6.07, 6.45) is 1.09. The molecule has 0 N–H and O–H groups in total. The van der Waals surface area contributed by atoms with Gasteiger partial charge in [0.2, 0.25) is 0 Å². The van der Waals surface area contributed by atoms with Gasteiger partial charge in [-0.25, -0.2) is 0 Å². The standard InChI is InChI=1S/C20H30N2O5/c1-3-17-5-4-6-18(15-17)27-16-19(23)22(8-7-20(24)25-2)10-9-21-11-13-26-14-12-21/h4-6,15H,3,7-14,16H2,1-2H3. The van der Waals surface area contributed by atoms with Gasteiger partial charge in [-0.15, -0.1) is 0 Å². The van der Waals surface area contributed by atoms with Crippen molar-refractivity contribution in [3.8, 4) is 5.75 Å². The van der Waals surface area contributed by atoms with E-state index in [0.29, 0.717) is 32.1 Å². The molecular formula is C20H30N2O5. The Bertz CT molecular complexity index is 602. The van der Waals surface area contributed by atoms with Crippen molar-refractivity contribution in [1.29, 1.82) is 0 Å². The lowest BCUT2D eigenvalue weighted by molar-refractivity contribution is -0.142. The second-order valence-corrected chi connectivity index (χ2v) is 6.45. The number of benzene rings is 1. The monoisotopic (exact) mass is 378 g/mol. The second kappa shape index (κ2) is 11.6. The summed E-state index contributed by atoms with van der Waals surface area (Å²) in [6.45, 7) is 6.81. The molecule has 0 aromatic heterocycles. The molecule has 1 aromatic carbocycles. The number of carbonyl (C=O) groups excluding carboxylic acids is 2. The lowest BCUT2D eigenvalue weighted by Gasteiger charge is -2.30. The van der Waals surface area contributed by atoms with Crippen molar-refractivity contribution >= 4 is 11.9 Å². The molecule has 0 bridgehead atoms. The van der Waals surface area contributed by atoms with Crippen LogP contribution in [0.5, 0.6) is 5.75 Å². The largest absolute Gasteiger partial charge is 0.484 e. The fraction of sp³-hybridized carbons (Fsp3) is 0.600. The molecule has 27 heavy (non-hydrogen) atoms. The first kappa shape index (κ1) is 21.2. The van der Waals surface area contributed by atoms with Crippen LogP contribution in [0, 0.1) is 0 Å². The molecule has 150 valence electrons. The van der Waals surface area contributed by atoms with Crippen molar-refractivity contribution in [2.75, 3.05) is 59.7 Å². The van der Waals surface area contributed by atoms with Gasteiger partial charge in [0.15, 0.2) is 6.61 Å². The van der Waals surface area contributed by atoms with E-state index in [1.807, 2.05) is 24.3 Å². The van der Waals surface area contributed by atoms with Gasteiger partial charge >= 0.3 is 5.97 Å². The van der Waals surface area contributed by atoms with Gasteiger partial charge < -0.3 is 19.1 Å². The van der Waals surface area contributed by atoms with Crippen molar-refractivity contribution in [1.82, 2.24) is 9.80 Å². The first-order chi connectivity index (χ1) is 13.1. The Morgan fingerprint density at radius 1 is 1.22 bits per heavy atom. The van der Waals surface area contributed by atoms with Crippen LogP contribution in [0.1, 0.15) is 18.9 Å². The molecule has 7 heteroatoms. The van der Waals surface area contributed by atoms with Gasteiger partial charge in [-0.2, -0.15) is 0 Å². The zero-order chi connectivity index (χ0) is 19.5. The zero-order valence-electron chi connectivity index (χ0n) is 16.3. The number of aryl methyl sites for hydroxylation is 1. The number of methoxy groups -OCH3 is 1. The molecule has 1 saturated heterocycles. The highest BCUT2D eigenvalue weighted by Gasteiger charge is 2.18. The van der Waals surface area contributed by atoms with E-state index in [0.717, 1.165) is 31.6 Å². The van der Waals surface area contributed by atoms with Crippen molar-refractivity contribution in [2.24, 2.45) is 0 Å². The topological polar surface area (TPSA) is 68.3 Å². The van der Waals surface area contributed by atoms with Gasteiger partial charge in [0, 0.05) is 32.7 Å². The maximum Gasteiger partial charge on any atom is 0.307 e. The minimum atomic E-state index is -0.323. The Morgan fingerprint density at radius 2 is 2.00 bits per heavy atom.